The number of rotatable bonds is 8. The Kier molecular flexibility index (Phi) is 6.65. The van der Waals surface area contributed by atoms with Crippen LogP contribution in [0.3, 0.4) is 0 Å². The molecule has 2 nitrogen and oxygen atoms in total. The van der Waals surface area contributed by atoms with Crippen molar-refractivity contribution in [2.45, 2.75) is 39.0 Å². The zero-order chi connectivity index (χ0) is 11.8. The Bertz CT molecular complexity index is 261. The van der Waals surface area contributed by atoms with Crippen molar-refractivity contribution in [3.05, 3.63) is 24.2 Å². The summed E-state index contributed by atoms with van der Waals surface area (Å²) in [5, 5.41) is 3.56. The first-order chi connectivity index (χ1) is 7.77. The van der Waals surface area contributed by atoms with Crippen LogP contribution >= 0.6 is 11.8 Å². The molecule has 0 spiro atoms. The predicted molar refractivity (Wildman–Crippen MR) is 71.8 cm³/mol. The first kappa shape index (κ1) is 13.7. The third-order valence-corrected chi connectivity index (χ3v) is 4.00. The van der Waals surface area contributed by atoms with Gasteiger partial charge in [0.15, 0.2) is 0 Å². The third kappa shape index (κ3) is 4.62. The van der Waals surface area contributed by atoms with Crippen LogP contribution in [-0.4, -0.2) is 18.3 Å². The minimum atomic E-state index is 0.620. The fourth-order valence-corrected chi connectivity index (χ4v) is 2.84. The molecule has 0 saturated heterocycles. The highest BCUT2D eigenvalue weighted by atomic mass is 32.2. The average Bonchev–Trinajstić information content (AvgIpc) is 2.80. The molecule has 0 fully saturated rings. The van der Waals surface area contributed by atoms with Gasteiger partial charge >= 0.3 is 0 Å². The predicted octanol–water partition coefficient (Wildman–Crippen LogP) is 3.54. The highest BCUT2D eigenvalue weighted by Crippen LogP contribution is 2.17. The molecule has 0 aromatic carbocycles. The van der Waals surface area contributed by atoms with E-state index in [0.29, 0.717) is 6.04 Å². The fourth-order valence-electron chi connectivity index (χ4n) is 1.65. The summed E-state index contributed by atoms with van der Waals surface area (Å²) in [5.41, 5.74) is 0. The molecule has 3 heteroatoms. The molecule has 1 heterocycles. The van der Waals surface area contributed by atoms with Crippen molar-refractivity contribution < 1.29 is 4.42 Å². The summed E-state index contributed by atoms with van der Waals surface area (Å²) in [7, 11) is 0. The first-order valence-corrected chi connectivity index (χ1v) is 7.26. The number of thioether (sulfide) groups is 1. The van der Waals surface area contributed by atoms with Gasteiger partial charge in [0.1, 0.15) is 5.76 Å². The Morgan fingerprint density at radius 1 is 1.44 bits per heavy atom. The Balaban J connectivity index is 2.26. The molecule has 2 atom stereocenters. The zero-order valence-electron chi connectivity index (χ0n) is 10.5. The topological polar surface area (TPSA) is 25.2 Å². The van der Waals surface area contributed by atoms with Gasteiger partial charge < -0.3 is 9.73 Å². The van der Waals surface area contributed by atoms with E-state index < -0.39 is 0 Å². The van der Waals surface area contributed by atoms with Gasteiger partial charge in [-0.15, -0.1) is 0 Å². The normalized spacial score (nSPS) is 14.9. The summed E-state index contributed by atoms with van der Waals surface area (Å²) in [6.07, 6.45) is 2.98. The van der Waals surface area contributed by atoms with Crippen LogP contribution in [0.25, 0.3) is 0 Å². The zero-order valence-corrected chi connectivity index (χ0v) is 11.3. The molecule has 1 aromatic rings. The van der Waals surface area contributed by atoms with Crippen LogP contribution in [0.4, 0.5) is 0 Å². The number of nitrogens with one attached hydrogen (secondary N) is 1. The van der Waals surface area contributed by atoms with Crippen molar-refractivity contribution in [1.82, 2.24) is 5.32 Å². The summed E-state index contributed by atoms with van der Waals surface area (Å²) in [4.78, 5) is 0. The van der Waals surface area contributed by atoms with E-state index in [1.54, 1.807) is 6.26 Å². The van der Waals surface area contributed by atoms with E-state index in [4.69, 9.17) is 4.42 Å². The Labute approximate surface area is 103 Å². The van der Waals surface area contributed by atoms with Crippen LogP contribution < -0.4 is 5.32 Å². The molecule has 1 N–H and O–H groups in total. The van der Waals surface area contributed by atoms with Crippen LogP contribution in [0.2, 0.25) is 0 Å². The molecule has 92 valence electrons. The Morgan fingerprint density at radius 3 is 2.81 bits per heavy atom. The molecule has 0 aliphatic rings. The van der Waals surface area contributed by atoms with Gasteiger partial charge in [0.25, 0.3) is 0 Å². The Hall–Kier alpha value is -0.410. The van der Waals surface area contributed by atoms with E-state index in [2.05, 4.69) is 26.1 Å². The second-order valence-electron chi connectivity index (χ2n) is 4.14. The number of furan rings is 1. The first-order valence-electron chi connectivity index (χ1n) is 6.11. The monoisotopic (exact) mass is 241 g/mol. The lowest BCUT2D eigenvalue weighted by atomic mass is 10.0. The fraction of sp³-hybridized carbons (Fsp3) is 0.692. The van der Waals surface area contributed by atoms with Crippen LogP contribution in [0.15, 0.2) is 22.8 Å². The maximum absolute atomic E-state index is 5.32. The van der Waals surface area contributed by atoms with Gasteiger partial charge in [-0.05, 0) is 24.6 Å². The second-order valence-corrected chi connectivity index (χ2v) is 5.17. The van der Waals surface area contributed by atoms with Crippen molar-refractivity contribution in [3.63, 3.8) is 0 Å². The van der Waals surface area contributed by atoms with Crippen molar-refractivity contribution in [3.8, 4) is 0 Å². The van der Waals surface area contributed by atoms with Gasteiger partial charge in [-0.1, -0.05) is 27.2 Å². The summed E-state index contributed by atoms with van der Waals surface area (Å²) < 4.78 is 5.32. The van der Waals surface area contributed by atoms with Gasteiger partial charge in [0.2, 0.25) is 0 Å². The van der Waals surface area contributed by atoms with E-state index in [-0.39, 0.29) is 0 Å². The maximum atomic E-state index is 5.32. The summed E-state index contributed by atoms with van der Waals surface area (Å²) in [6.45, 7) is 7.80. The van der Waals surface area contributed by atoms with Gasteiger partial charge in [-0.2, -0.15) is 11.8 Å². The molecule has 2 unspecified atom stereocenters. The van der Waals surface area contributed by atoms with Crippen LogP contribution in [0.5, 0.6) is 0 Å². The van der Waals surface area contributed by atoms with Crippen molar-refractivity contribution in [2.75, 3.05) is 12.3 Å². The second kappa shape index (κ2) is 7.80. The van der Waals surface area contributed by atoms with E-state index in [1.807, 2.05) is 23.9 Å². The number of hydrogen-bond acceptors (Lipinski definition) is 3. The van der Waals surface area contributed by atoms with Crippen molar-refractivity contribution in [1.29, 1.82) is 0 Å². The molecule has 0 aliphatic heterocycles. The van der Waals surface area contributed by atoms with E-state index >= 15 is 0 Å². The molecule has 0 radical (unpaired) electrons. The van der Waals surface area contributed by atoms with E-state index in [1.165, 1.54) is 6.42 Å². The lowest BCUT2D eigenvalue weighted by Gasteiger charge is -2.23. The molecule has 16 heavy (non-hydrogen) atoms. The standard InChI is InChI=1S/C13H23NOS/c1-4-11(3)13(14-5-2)10-16-9-12-7-6-8-15-12/h6-8,11,13-14H,4-5,9-10H2,1-3H3. The average molecular weight is 241 g/mol. The highest BCUT2D eigenvalue weighted by molar-refractivity contribution is 7.98. The molecule has 0 amide bonds. The summed E-state index contributed by atoms with van der Waals surface area (Å²) in [6, 6.07) is 4.61. The van der Waals surface area contributed by atoms with Crippen molar-refractivity contribution in [2.24, 2.45) is 5.92 Å². The van der Waals surface area contributed by atoms with Crippen LogP contribution in [0.1, 0.15) is 33.0 Å². The van der Waals surface area contributed by atoms with E-state index in [0.717, 1.165) is 29.7 Å². The quantitative estimate of drug-likeness (QED) is 0.753. The smallest absolute Gasteiger partial charge is 0.113 e. The summed E-state index contributed by atoms with van der Waals surface area (Å²) in [5.74, 6) is 3.95. The van der Waals surface area contributed by atoms with Gasteiger partial charge in [-0.3, -0.25) is 0 Å². The minimum absolute atomic E-state index is 0.620. The lowest BCUT2D eigenvalue weighted by Crippen LogP contribution is -2.36. The van der Waals surface area contributed by atoms with E-state index in [9.17, 15) is 0 Å². The molecular formula is C13H23NOS. The molecule has 1 rings (SSSR count). The van der Waals surface area contributed by atoms with Crippen molar-refractivity contribution >= 4 is 11.8 Å². The molecule has 1 aromatic heterocycles. The summed E-state index contributed by atoms with van der Waals surface area (Å²) >= 11 is 1.95. The van der Waals surface area contributed by atoms with Gasteiger partial charge in [-0.25, -0.2) is 0 Å². The third-order valence-electron chi connectivity index (χ3n) is 2.92. The Morgan fingerprint density at radius 2 is 2.25 bits per heavy atom. The molecule has 0 aliphatic carbocycles. The molecule has 0 bridgehead atoms. The SMILES string of the molecule is CCNC(CSCc1ccco1)C(C)CC. The van der Waals surface area contributed by atoms with Gasteiger partial charge in [0, 0.05) is 11.8 Å². The molecular weight excluding hydrogens is 218 g/mol. The lowest BCUT2D eigenvalue weighted by molar-refractivity contribution is 0.403. The maximum Gasteiger partial charge on any atom is 0.113 e. The molecule has 0 saturated carbocycles. The largest absolute Gasteiger partial charge is 0.468 e. The number of hydrogen-bond donors (Lipinski definition) is 1. The highest BCUT2D eigenvalue weighted by Gasteiger charge is 2.14. The van der Waals surface area contributed by atoms with Crippen LogP contribution in [0, 0.1) is 5.92 Å². The minimum Gasteiger partial charge on any atom is -0.468 e. The van der Waals surface area contributed by atoms with Gasteiger partial charge in [0.05, 0.1) is 12.0 Å². The van der Waals surface area contributed by atoms with Crippen LogP contribution in [-0.2, 0) is 5.75 Å².